The highest BCUT2D eigenvalue weighted by molar-refractivity contribution is 5.85. The lowest BCUT2D eigenvalue weighted by Gasteiger charge is -2.32. The van der Waals surface area contributed by atoms with Gasteiger partial charge in [0, 0.05) is 26.6 Å². The summed E-state index contributed by atoms with van der Waals surface area (Å²) in [5, 5.41) is 9.03. The number of carboxylic acid groups (broad SMARTS) is 1. The predicted molar refractivity (Wildman–Crippen MR) is 98.7 cm³/mol. The lowest BCUT2D eigenvalue weighted by Crippen LogP contribution is -2.46. The van der Waals surface area contributed by atoms with E-state index in [0.717, 1.165) is 5.56 Å². The highest BCUT2D eigenvalue weighted by atomic mass is 16.4. The molecule has 0 radical (unpaired) electrons. The number of rotatable bonds is 6. The van der Waals surface area contributed by atoms with Gasteiger partial charge in [0.1, 0.15) is 0 Å². The van der Waals surface area contributed by atoms with Crippen molar-refractivity contribution in [3.8, 4) is 0 Å². The van der Waals surface area contributed by atoms with E-state index < -0.39 is 5.97 Å². The maximum Gasteiger partial charge on any atom is 0.306 e. The molecule has 0 aliphatic carbocycles. The van der Waals surface area contributed by atoms with E-state index in [1.54, 1.807) is 11.9 Å². The summed E-state index contributed by atoms with van der Waals surface area (Å²) in [5.74, 6) is -1.37. The van der Waals surface area contributed by atoms with Crippen LogP contribution in [0.5, 0.6) is 0 Å². The molecule has 0 aromatic heterocycles. The number of likely N-dealkylation sites (tertiary alicyclic amines) is 1. The molecule has 2 amide bonds. The van der Waals surface area contributed by atoms with Crippen LogP contribution in [-0.2, 0) is 19.8 Å². The van der Waals surface area contributed by atoms with Gasteiger partial charge in [-0.25, -0.2) is 0 Å². The molecule has 0 spiro atoms. The number of hydrogen-bond acceptors (Lipinski definition) is 3. The first-order valence-electron chi connectivity index (χ1n) is 9.01. The number of likely N-dealkylation sites (N-methyl/N-ethyl adjacent to an activating group) is 1. The first-order valence-corrected chi connectivity index (χ1v) is 9.01. The van der Waals surface area contributed by atoms with Gasteiger partial charge < -0.3 is 14.9 Å². The molecule has 0 saturated carbocycles. The van der Waals surface area contributed by atoms with Crippen LogP contribution in [0.4, 0.5) is 0 Å². The van der Waals surface area contributed by atoms with Gasteiger partial charge >= 0.3 is 5.97 Å². The SMILES string of the molecule is CN(CC(=O)N1CCC(C(=O)O)CC1)C(=O)CC(C)(C)c1ccccc1. The van der Waals surface area contributed by atoms with Crippen molar-refractivity contribution in [3.63, 3.8) is 0 Å². The molecule has 1 aliphatic rings. The van der Waals surface area contributed by atoms with Gasteiger partial charge in [0.25, 0.3) is 0 Å². The Hall–Kier alpha value is -2.37. The third-order valence-electron chi connectivity index (χ3n) is 5.14. The molecule has 26 heavy (non-hydrogen) atoms. The third kappa shape index (κ3) is 5.07. The van der Waals surface area contributed by atoms with Crippen LogP contribution in [0.2, 0.25) is 0 Å². The zero-order valence-electron chi connectivity index (χ0n) is 15.8. The summed E-state index contributed by atoms with van der Waals surface area (Å²) in [6.07, 6.45) is 1.27. The number of carboxylic acids is 1. The Morgan fingerprint density at radius 1 is 1.15 bits per heavy atom. The minimum absolute atomic E-state index is 0.0292. The van der Waals surface area contributed by atoms with Crippen molar-refractivity contribution in [1.82, 2.24) is 9.80 Å². The van der Waals surface area contributed by atoms with Gasteiger partial charge in [0.2, 0.25) is 11.8 Å². The van der Waals surface area contributed by atoms with Gasteiger partial charge in [-0.05, 0) is 23.8 Å². The smallest absolute Gasteiger partial charge is 0.306 e. The standard InChI is InChI=1S/C20H28N2O4/c1-20(2,16-7-5-4-6-8-16)13-17(23)21(3)14-18(24)22-11-9-15(10-12-22)19(25)26/h4-8,15H,9-14H2,1-3H3,(H,25,26). The second kappa shape index (κ2) is 8.34. The monoisotopic (exact) mass is 360 g/mol. The van der Waals surface area contributed by atoms with Gasteiger partial charge in [-0.3, -0.25) is 14.4 Å². The molecule has 1 aromatic carbocycles. The van der Waals surface area contributed by atoms with Crippen LogP contribution in [0.1, 0.15) is 38.7 Å². The van der Waals surface area contributed by atoms with Gasteiger partial charge in [-0.15, -0.1) is 0 Å². The molecule has 6 nitrogen and oxygen atoms in total. The van der Waals surface area contributed by atoms with Crippen molar-refractivity contribution in [2.45, 2.75) is 38.5 Å². The van der Waals surface area contributed by atoms with Gasteiger partial charge in [-0.2, -0.15) is 0 Å². The van der Waals surface area contributed by atoms with E-state index in [0.29, 0.717) is 32.4 Å². The van der Waals surface area contributed by atoms with Gasteiger partial charge in [0.15, 0.2) is 0 Å². The van der Waals surface area contributed by atoms with E-state index in [2.05, 4.69) is 0 Å². The Morgan fingerprint density at radius 3 is 2.27 bits per heavy atom. The van der Waals surface area contributed by atoms with E-state index in [-0.39, 0.29) is 29.7 Å². The quantitative estimate of drug-likeness (QED) is 0.843. The van der Waals surface area contributed by atoms with Crippen LogP contribution >= 0.6 is 0 Å². The molecule has 1 N–H and O–H groups in total. The Bertz CT molecular complexity index is 649. The summed E-state index contributed by atoms with van der Waals surface area (Å²) in [6.45, 7) is 4.95. The second-order valence-electron chi connectivity index (χ2n) is 7.67. The lowest BCUT2D eigenvalue weighted by molar-refractivity contribution is -0.146. The van der Waals surface area contributed by atoms with E-state index in [1.165, 1.54) is 4.90 Å². The van der Waals surface area contributed by atoms with Crippen molar-refractivity contribution in [2.24, 2.45) is 5.92 Å². The maximum atomic E-state index is 12.6. The van der Waals surface area contributed by atoms with Crippen molar-refractivity contribution < 1.29 is 19.5 Å². The Balaban J connectivity index is 1.87. The zero-order chi connectivity index (χ0) is 19.3. The number of piperidine rings is 1. The predicted octanol–water partition coefficient (Wildman–Crippen LogP) is 2.14. The van der Waals surface area contributed by atoms with Crippen LogP contribution < -0.4 is 0 Å². The largest absolute Gasteiger partial charge is 0.481 e. The molecule has 0 bridgehead atoms. The number of carbonyl (C=O) groups excluding carboxylic acids is 2. The molecule has 6 heteroatoms. The van der Waals surface area contributed by atoms with Crippen LogP contribution in [0.25, 0.3) is 0 Å². The first kappa shape index (κ1) is 19.9. The molecule has 2 rings (SSSR count). The van der Waals surface area contributed by atoms with E-state index in [4.69, 9.17) is 5.11 Å². The molecule has 142 valence electrons. The van der Waals surface area contributed by atoms with E-state index in [1.807, 2.05) is 44.2 Å². The van der Waals surface area contributed by atoms with Crippen molar-refractivity contribution in [1.29, 1.82) is 0 Å². The summed E-state index contributed by atoms with van der Waals surface area (Å²) < 4.78 is 0. The summed E-state index contributed by atoms with van der Waals surface area (Å²) in [7, 11) is 1.64. The average Bonchev–Trinajstić information content (AvgIpc) is 2.62. The molecule has 0 unspecified atom stereocenters. The van der Waals surface area contributed by atoms with Gasteiger partial charge in [0.05, 0.1) is 12.5 Å². The van der Waals surface area contributed by atoms with Crippen LogP contribution in [0.15, 0.2) is 30.3 Å². The zero-order valence-corrected chi connectivity index (χ0v) is 15.8. The summed E-state index contributed by atoms with van der Waals surface area (Å²) in [6, 6.07) is 9.86. The molecule has 1 fully saturated rings. The molecule has 1 aromatic rings. The topological polar surface area (TPSA) is 77.9 Å². The molecular weight excluding hydrogens is 332 g/mol. The summed E-state index contributed by atoms with van der Waals surface area (Å²) >= 11 is 0. The fourth-order valence-corrected chi connectivity index (χ4v) is 3.27. The summed E-state index contributed by atoms with van der Waals surface area (Å²) in [4.78, 5) is 39.1. The summed E-state index contributed by atoms with van der Waals surface area (Å²) in [5.41, 5.74) is 0.777. The molecular formula is C20H28N2O4. The maximum absolute atomic E-state index is 12.6. The average molecular weight is 360 g/mol. The van der Waals surface area contributed by atoms with Crippen LogP contribution in [0, 0.1) is 5.92 Å². The Morgan fingerprint density at radius 2 is 1.73 bits per heavy atom. The molecule has 1 aliphatic heterocycles. The van der Waals surface area contributed by atoms with Crippen molar-refractivity contribution in [3.05, 3.63) is 35.9 Å². The highest BCUT2D eigenvalue weighted by Gasteiger charge is 2.29. The number of nitrogens with zero attached hydrogens (tertiary/aromatic N) is 2. The van der Waals surface area contributed by atoms with Crippen LogP contribution in [0.3, 0.4) is 0 Å². The number of benzene rings is 1. The van der Waals surface area contributed by atoms with Crippen LogP contribution in [-0.4, -0.2) is 59.4 Å². The Kier molecular flexibility index (Phi) is 6.40. The fraction of sp³-hybridized carbons (Fsp3) is 0.550. The van der Waals surface area contributed by atoms with E-state index >= 15 is 0 Å². The molecule has 1 saturated heterocycles. The number of amides is 2. The second-order valence-corrected chi connectivity index (χ2v) is 7.67. The fourth-order valence-electron chi connectivity index (χ4n) is 3.27. The number of carbonyl (C=O) groups is 3. The number of hydrogen-bond donors (Lipinski definition) is 1. The molecule has 1 heterocycles. The van der Waals surface area contributed by atoms with Crippen molar-refractivity contribution >= 4 is 17.8 Å². The van der Waals surface area contributed by atoms with E-state index in [9.17, 15) is 14.4 Å². The third-order valence-corrected chi connectivity index (χ3v) is 5.14. The minimum Gasteiger partial charge on any atom is -0.481 e. The minimum atomic E-state index is -0.799. The normalized spacial score (nSPS) is 15.6. The Labute approximate surface area is 154 Å². The molecule has 0 atom stereocenters. The van der Waals surface area contributed by atoms with Gasteiger partial charge in [-0.1, -0.05) is 44.2 Å². The highest BCUT2D eigenvalue weighted by Crippen LogP contribution is 2.27. The van der Waals surface area contributed by atoms with Crippen molar-refractivity contribution in [2.75, 3.05) is 26.7 Å². The first-order chi connectivity index (χ1) is 12.2. The number of aliphatic carboxylic acids is 1. The lowest BCUT2D eigenvalue weighted by atomic mass is 9.81.